The predicted octanol–water partition coefficient (Wildman–Crippen LogP) is 1.56. The van der Waals surface area contributed by atoms with Crippen LogP contribution in [0.1, 0.15) is 32.4 Å². The Morgan fingerprint density at radius 2 is 1.97 bits per heavy atom. The van der Waals surface area contributed by atoms with Gasteiger partial charge in [-0.25, -0.2) is 9.78 Å². The summed E-state index contributed by atoms with van der Waals surface area (Å²) in [6.07, 6.45) is 3.03. The number of rotatable bonds is 5. The third kappa shape index (κ3) is 5.07. The summed E-state index contributed by atoms with van der Waals surface area (Å²) in [7, 11) is 0. The van der Waals surface area contributed by atoms with E-state index in [2.05, 4.69) is 29.0 Å². The van der Waals surface area contributed by atoms with Gasteiger partial charge in [0.15, 0.2) is 5.13 Å². The van der Waals surface area contributed by atoms with Gasteiger partial charge in [0.2, 0.25) is 5.91 Å². The predicted molar refractivity (Wildman–Crippen MR) is 112 cm³/mol. The largest absolute Gasteiger partial charge is 0.373 e. The molecular formula is C20H31N5O3S. The summed E-state index contributed by atoms with van der Waals surface area (Å²) in [4.78, 5) is 35.1. The maximum absolute atomic E-state index is 12.7. The number of piperidine rings is 1. The van der Waals surface area contributed by atoms with Crippen LogP contribution in [0.2, 0.25) is 0 Å². The second-order valence-corrected chi connectivity index (χ2v) is 9.32. The third-order valence-electron chi connectivity index (χ3n) is 5.94. The molecule has 0 spiro atoms. The highest BCUT2D eigenvalue weighted by Gasteiger charge is 2.29. The van der Waals surface area contributed by atoms with Crippen LogP contribution in [0.15, 0.2) is 5.38 Å². The smallest absolute Gasteiger partial charge is 0.323 e. The van der Waals surface area contributed by atoms with Crippen molar-refractivity contribution in [1.82, 2.24) is 20.1 Å². The molecule has 4 rings (SSSR count). The molecule has 3 aliphatic heterocycles. The van der Waals surface area contributed by atoms with Crippen LogP contribution in [-0.2, 0) is 16.0 Å². The average molecular weight is 422 g/mol. The third-order valence-corrected chi connectivity index (χ3v) is 6.85. The number of carbonyl (C=O) groups excluding carboxylic acids is 2. The highest BCUT2D eigenvalue weighted by atomic mass is 32.1. The monoisotopic (exact) mass is 421 g/mol. The number of morpholine rings is 1. The van der Waals surface area contributed by atoms with Crippen molar-refractivity contribution in [3.63, 3.8) is 0 Å². The van der Waals surface area contributed by atoms with Gasteiger partial charge >= 0.3 is 6.03 Å². The maximum atomic E-state index is 12.7. The molecule has 0 bridgehead atoms. The van der Waals surface area contributed by atoms with Crippen LogP contribution in [-0.4, -0.2) is 84.7 Å². The molecule has 9 heteroatoms. The van der Waals surface area contributed by atoms with Gasteiger partial charge in [0, 0.05) is 51.2 Å². The lowest BCUT2D eigenvalue weighted by Crippen LogP contribution is -2.48. The Kier molecular flexibility index (Phi) is 6.36. The van der Waals surface area contributed by atoms with Crippen LogP contribution in [0.4, 0.5) is 9.93 Å². The molecule has 4 heterocycles. The van der Waals surface area contributed by atoms with Crippen molar-refractivity contribution in [2.45, 2.75) is 45.3 Å². The number of urea groups is 1. The molecule has 2 atom stereocenters. The number of anilines is 1. The van der Waals surface area contributed by atoms with Crippen molar-refractivity contribution in [2.75, 3.05) is 50.7 Å². The van der Waals surface area contributed by atoms with Crippen molar-refractivity contribution in [1.29, 1.82) is 0 Å². The van der Waals surface area contributed by atoms with Gasteiger partial charge < -0.3 is 15.0 Å². The molecule has 29 heavy (non-hydrogen) atoms. The van der Waals surface area contributed by atoms with Gasteiger partial charge in [0.1, 0.15) is 0 Å². The van der Waals surface area contributed by atoms with E-state index in [0.29, 0.717) is 42.8 Å². The first-order valence-electron chi connectivity index (χ1n) is 10.6. The van der Waals surface area contributed by atoms with Crippen LogP contribution < -0.4 is 10.2 Å². The number of thiazole rings is 1. The van der Waals surface area contributed by atoms with Crippen molar-refractivity contribution >= 4 is 28.4 Å². The van der Waals surface area contributed by atoms with Gasteiger partial charge in [0.25, 0.3) is 0 Å². The molecule has 3 amide bonds. The second-order valence-electron chi connectivity index (χ2n) is 8.48. The molecule has 0 saturated carbocycles. The normalized spacial score (nSPS) is 26.8. The molecule has 1 aromatic heterocycles. The Balaban J connectivity index is 1.23. The number of ether oxygens (including phenoxy) is 1. The molecule has 0 aromatic carbocycles. The molecule has 1 aromatic rings. The molecule has 8 nitrogen and oxygen atoms in total. The van der Waals surface area contributed by atoms with Crippen LogP contribution in [0.3, 0.4) is 0 Å². The Labute approximate surface area is 176 Å². The lowest BCUT2D eigenvalue weighted by molar-refractivity contribution is -0.132. The first kappa shape index (κ1) is 20.6. The number of hydrogen-bond acceptors (Lipinski definition) is 6. The summed E-state index contributed by atoms with van der Waals surface area (Å²) in [5.41, 5.74) is 0.758. The minimum absolute atomic E-state index is 0.108. The van der Waals surface area contributed by atoms with Crippen molar-refractivity contribution in [2.24, 2.45) is 5.92 Å². The number of likely N-dealkylation sites (tertiary alicyclic amines) is 1. The Hall–Kier alpha value is -1.71. The quantitative estimate of drug-likeness (QED) is 0.781. The average Bonchev–Trinajstić information content (AvgIpc) is 3.30. The lowest BCUT2D eigenvalue weighted by Gasteiger charge is -2.39. The first-order chi connectivity index (χ1) is 14.0. The summed E-state index contributed by atoms with van der Waals surface area (Å²) >= 11 is 1.43. The van der Waals surface area contributed by atoms with E-state index in [1.54, 1.807) is 4.90 Å². The molecule has 3 fully saturated rings. The maximum Gasteiger partial charge on any atom is 0.323 e. The van der Waals surface area contributed by atoms with Crippen LogP contribution in [0, 0.1) is 5.92 Å². The summed E-state index contributed by atoms with van der Waals surface area (Å²) in [5.74, 6) is 0.788. The van der Waals surface area contributed by atoms with Crippen LogP contribution >= 0.6 is 11.3 Å². The second kappa shape index (κ2) is 8.97. The Bertz CT molecular complexity index is 723. The summed E-state index contributed by atoms with van der Waals surface area (Å²) < 4.78 is 5.83. The highest BCUT2D eigenvalue weighted by molar-refractivity contribution is 7.14. The fourth-order valence-corrected chi connectivity index (χ4v) is 5.43. The fourth-order valence-electron chi connectivity index (χ4n) is 4.59. The standard InChI is InChI=1S/C20H31N5O3S/c1-14-10-23(11-15(2)28-14)12-16-3-6-24(7-4-16)18(26)9-17-13-29-20(22-17)25-8-5-21-19(25)27/h13-16H,3-12H2,1-2H3,(H,21,27). The number of hydrogen-bond donors (Lipinski definition) is 1. The number of amides is 3. The fraction of sp³-hybridized carbons (Fsp3) is 0.750. The van der Waals surface area contributed by atoms with E-state index in [1.165, 1.54) is 11.3 Å². The Morgan fingerprint density at radius 3 is 2.62 bits per heavy atom. The molecule has 3 aliphatic rings. The minimum atomic E-state index is -0.108. The number of nitrogens with zero attached hydrogens (tertiary/aromatic N) is 4. The molecule has 3 saturated heterocycles. The van der Waals surface area contributed by atoms with Crippen molar-refractivity contribution in [3.05, 3.63) is 11.1 Å². The highest BCUT2D eigenvalue weighted by Crippen LogP contribution is 2.24. The van der Waals surface area contributed by atoms with E-state index in [4.69, 9.17) is 4.74 Å². The van der Waals surface area contributed by atoms with Gasteiger partial charge in [-0.05, 0) is 32.6 Å². The van der Waals surface area contributed by atoms with Gasteiger partial charge in [-0.3, -0.25) is 14.6 Å². The zero-order chi connectivity index (χ0) is 20.4. The van der Waals surface area contributed by atoms with E-state index in [-0.39, 0.29) is 11.9 Å². The first-order valence-corrected chi connectivity index (χ1v) is 11.5. The molecule has 0 radical (unpaired) electrons. The lowest BCUT2D eigenvalue weighted by atomic mass is 9.95. The molecule has 160 valence electrons. The van der Waals surface area contributed by atoms with Crippen molar-refractivity contribution < 1.29 is 14.3 Å². The van der Waals surface area contributed by atoms with Gasteiger partial charge in [-0.15, -0.1) is 11.3 Å². The van der Waals surface area contributed by atoms with E-state index >= 15 is 0 Å². The minimum Gasteiger partial charge on any atom is -0.373 e. The van der Waals surface area contributed by atoms with Crippen LogP contribution in [0.25, 0.3) is 0 Å². The number of nitrogens with one attached hydrogen (secondary N) is 1. The summed E-state index contributed by atoms with van der Waals surface area (Å²) in [5, 5.41) is 5.35. The molecule has 1 N–H and O–H groups in total. The van der Waals surface area contributed by atoms with E-state index in [9.17, 15) is 9.59 Å². The van der Waals surface area contributed by atoms with E-state index in [1.807, 2.05) is 10.3 Å². The molecular weight excluding hydrogens is 390 g/mol. The molecule has 2 unspecified atom stereocenters. The van der Waals surface area contributed by atoms with Gasteiger partial charge in [-0.2, -0.15) is 0 Å². The zero-order valence-corrected chi connectivity index (χ0v) is 18.1. The number of aromatic nitrogens is 1. The van der Waals surface area contributed by atoms with E-state index < -0.39 is 0 Å². The zero-order valence-electron chi connectivity index (χ0n) is 17.3. The topological polar surface area (TPSA) is 78.0 Å². The number of carbonyl (C=O) groups is 2. The van der Waals surface area contributed by atoms with Gasteiger partial charge in [0.05, 0.1) is 24.3 Å². The molecule has 0 aliphatic carbocycles. The Morgan fingerprint density at radius 1 is 1.24 bits per heavy atom. The summed E-state index contributed by atoms with van der Waals surface area (Å²) in [6, 6.07) is -0.108. The van der Waals surface area contributed by atoms with E-state index in [0.717, 1.165) is 51.3 Å². The summed E-state index contributed by atoms with van der Waals surface area (Å²) in [6.45, 7) is 10.3. The van der Waals surface area contributed by atoms with Gasteiger partial charge in [-0.1, -0.05) is 0 Å². The van der Waals surface area contributed by atoms with Crippen LogP contribution in [0.5, 0.6) is 0 Å². The SMILES string of the molecule is CC1CN(CC2CCN(C(=O)Cc3csc(N4CCNC4=O)n3)CC2)CC(C)O1. The van der Waals surface area contributed by atoms with Crippen molar-refractivity contribution in [3.8, 4) is 0 Å².